The van der Waals surface area contributed by atoms with Crippen molar-refractivity contribution in [3.05, 3.63) is 71.4 Å². The Labute approximate surface area is 156 Å². The van der Waals surface area contributed by atoms with Crippen molar-refractivity contribution >= 4 is 22.5 Å². The monoisotopic (exact) mass is 389 g/mol. The van der Waals surface area contributed by atoms with Crippen LogP contribution in [0.1, 0.15) is 5.56 Å². The second-order valence-electron chi connectivity index (χ2n) is 5.74. The predicted molar refractivity (Wildman–Crippen MR) is 95.9 cm³/mol. The molecule has 2 heterocycles. The SMILES string of the molecule is FC(F)(F)c1ccc(Oc2cc3[nH]nc(-c4ccccc4Cl)c3cn2)cc1. The molecular weight excluding hydrogens is 379 g/mol. The van der Waals surface area contributed by atoms with Gasteiger partial charge in [0.15, 0.2) is 0 Å². The molecule has 0 atom stereocenters. The van der Waals surface area contributed by atoms with Gasteiger partial charge in [-0.05, 0) is 30.3 Å². The van der Waals surface area contributed by atoms with Crippen molar-refractivity contribution < 1.29 is 17.9 Å². The summed E-state index contributed by atoms with van der Waals surface area (Å²) in [5.74, 6) is 0.484. The van der Waals surface area contributed by atoms with E-state index in [0.717, 1.165) is 23.1 Å². The van der Waals surface area contributed by atoms with E-state index in [0.29, 0.717) is 16.2 Å². The molecule has 0 aliphatic heterocycles. The molecule has 4 aromatic rings. The van der Waals surface area contributed by atoms with Gasteiger partial charge in [0, 0.05) is 23.2 Å². The fourth-order valence-electron chi connectivity index (χ4n) is 2.64. The fourth-order valence-corrected chi connectivity index (χ4v) is 2.87. The number of benzene rings is 2. The third-order valence-electron chi connectivity index (χ3n) is 3.96. The Kier molecular flexibility index (Phi) is 4.24. The van der Waals surface area contributed by atoms with Crippen molar-refractivity contribution in [1.82, 2.24) is 15.2 Å². The number of aromatic amines is 1. The maximum absolute atomic E-state index is 12.6. The summed E-state index contributed by atoms with van der Waals surface area (Å²) in [6.45, 7) is 0. The fraction of sp³-hybridized carbons (Fsp3) is 0.0526. The molecule has 0 aliphatic carbocycles. The van der Waals surface area contributed by atoms with E-state index in [1.807, 2.05) is 18.2 Å². The zero-order valence-corrected chi connectivity index (χ0v) is 14.3. The van der Waals surface area contributed by atoms with E-state index in [4.69, 9.17) is 16.3 Å². The maximum Gasteiger partial charge on any atom is 0.416 e. The summed E-state index contributed by atoms with van der Waals surface area (Å²) in [5.41, 5.74) is 1.35. The third-order valence-corrected chi connectivity index (χ3v) is 4.28. The maximum atomic E-state index is 12.6. The topological polar surface area (TPSA) is 50.8 Å². The Morgan fingerprint density at radius 1 is 1.00 bits per heavy atom. The van der Waals surface area contributed by atoms with E-state index in [-0.39, 0.29) is 11.6 Å². The lowest BCUT2D eigenvalue weighted by molar-refractivity contribution is -0.137. The minimum absolute atomic E-state index is 0.233. The van der Waals surface area contributed by atoms with E-state index in [2.05, 4.69) is 15.2 Å². The molecular formula is C19H11ClF3N3O. The number of ether oxygens (including phenoxy) is 1. The van der Waals surface area contributed by atoms with Gasteiger partial charge in [-0.1, -0.05) is 29.8 Å². The van der Waals surface area contributed by atoms with Gasteiger partial charge in [-0.3, -0.25) is 5.10 Å². The van der Waals surface area contributed by atoms with Crippen molar-refractivity contribution in [3.8, 4) is 22.9 Å². The number of aromatic nitrogens is 3. The van der Waals surface area contributed by atoms with E-state index in [9.17, 15) is 13.2 Å². The van der Waals surface area contributed by atoms with Crippen LogP contribution in [0.25, 0.3) is 22.2 Å². The lowest BCUT2D eigenvalue weighted by atomic mass is 10.1. The molecule has 136 valence electrons. The largest absolute Gasteiger partial charge is 0.439 e. The van der Waals surface area contributed by atoms with Crippen LogP contribution < -0.4 is 4.74 Å². The molecule has 0 fully saturated rings. The van der Waals surface area contributed by atoms with E-state index in [1.54, 1.807) is 18.3 Å². The average molecular weight is 390 g/mol. The summed E-state index contributed by atoms with van der Waals surface area (Å²) in [5, 5.41) is 8.49. The van der Waals surface area contributed by atoms with Gasteiger partial charge >= 0.3 is 6.18 Å². The second kappa shape index (κ2) is 6.59. The van der Waals surface area contributed by atoms with Crippen molar-refractivity contribution in [2.75, 3.05) is 0 Å². The first-order valence-corrected chi connectivity index (χ1v) is 8.24. The summed E-state index contributed by atoms with van der Waals surface area (Å²) in [6, 6.07) is 13.3. The number of H-pyrrole nitrogens is 1. The lowest BCUT2D eigenvalue weighted by Crippen LogP contribution is -2.04. The molecule has 4 nitrogen and oxygen atoms in total. The molecule has 0 saturated carbocycles. The third kappa shape index (κ3) is 3.46. The highest BCUT2D eigenvalue weighted by molar-refractivity contribution is 6.33. The van der Waals surface area contributed by atoms with Crippen LogP contribution in [0.3, 0.4) is 0 Å². The molecule has 2 aromatic carbocycles. The van der Waals surface area contributed by atoms with Gasteiger partial charge in [0.1, 0.15) is 11.4 Å². The van der Waals surface area contributed by atoms with Crippen LogP contribution in [0.2, 0.25) is 5.02 Å². The van der Waals surface area contributed by atoms with Crippen LogP contribution in [0.15, 0.2) is 60.8 Å². The highest BCUT2D eigenvalue weighted by Gasteiger charge is 2.30. The van der Waals surface area contributed by atoms with Gasteiger partial charge in [0.05, 0.1) is 16.1 Å². The number of fused-ring (bicyclic) bond motifs is 1. The van der Waals surface area contributed by atoms with Crippen molar-refractivity contribution in [2.45, 2.75) is 6.18 Å². The molecule has 1 N–H and O–H groups in total. The van der Waals surface area contributed by atoms with Gasteiger partial charge in [-0.15, -0.1) is 0 Å². The first-order valence-electron chi connectivity index (χ1n) is 7.86. The van der Waals surface area contributed by atoms with Crippen molar-refractivity contribution in [3.63, 3.8) is 0 Å². The van der Waals surface area contributed by atoms with Gasteiger partial charge in [0.2, 0.25) is 5.88 Å². The van der Waals surface area contributed by atoms with Crippen LogP contribution in [-0.2, 0) is 6.18 Å². The molecule has 4 rings (SSSR count). The van der Waals surface area contributed by atoms with Crippen LogP contribution >= 0.6 is 11.6 Å². The molecule has 0 unspecified atom stereocenters. The minimum atomic E-state index is -4.39. The lowest BCUT2D eigenvalue weighted by Gasteiger charge is -2.08. The molecule has 0 aliphatic rings. The van der Waals surface area contributed by atoms with E-state index in [1.165, 1.54) is 12.1 Å². The van der Waals surface area contributed by atoms with E-state index < -0.39 is 11.7 Å². The number of hydrogen-bond donors (Lipinski definition) is 1. The molecule has 27 heavy (non-hydrogen) atoms. The average Bonchev–Trinajstić information content (AvgIpc) is 3.05. The number of rotatable bonds is 3. The summed E-state index contributed by atoms with van der Waals surface area (Å²) < 4.78 is 43.4. The van der Waals surface area contributed by atoms with Gasteiger partial charge in [0.25, 0.3) is 0 Å². The van der Waals surface area contributed by atoms with Crippen LogP contribution in [0.4, 0.5) is 13.2 Å². The number of hydrogen-bond acceptors (Lipinski definition) is 3. The molecule has 0 saturated heterocycles. The number of halogens is 4. The van der Waals surface area contributed by atoms with Crippen LogP contribution in [0, 0.1) is 0 Å². The number of pyridine rings is 1. The highest BCUT2D eigenvalue weighted by atomic mass is 35.5. The number of nitrogens with one attached hydrogen (secondary N) is 1. The Morgan fingerprint density at radius 3 is 2.44 bits per heavy atom. The second-order valence-corrected chi connectivity index (χ2v) is 6.15. The number of nitrogens with zero attached hydrogens (tertiary/aromatic N) is 2. The Morgan fingerprint density at radius 2 is 1.74 bits per heavy atom. The molecule has 0 amide bonds. The van der Waals surface area contributed by atoms with Crippen molar-refractivity contribution in [2.24, 2.45) is 0 Å². The predicted octanol–water partition coefficient (Wildman–Crippen LogP) is 6.09. The van der Waals surface area contributed by atoms with E-state index >= 15 is 0 Å². The van der Waals surface area contributed by atoms with Crippen LogP contribution in [-0.4, -0.2) is 15.2 Å². The molecule has 0 bridgehead atoms. The quantitative estimate of drug-likeness (QED) is 0.461. The Bertz CT molecular complexity index is 1110. The smallest absolute Gasteiger partial charge is 0.416 e. The van der Waals surface area contributed by atoms with Gasteiger partial charge in [-0.25, -0.2) is 4.98 Å². The minimum Gasteiger partial charge on any atom is -0.439 e. The summed E-state index contributed by atoms with van der Waals surface area (Å²) in [6.07, 6.45) is -2.81. The number of alkyl halides is 3. The first-order chi connectivity index (χ1) is 12.9. The normalized spacial score (nSPS) is 11.7. The highest BCUT2D eigenvalue weighted by Crippen LogP contribution is 2.34. The molecule has 2 aromatic heterocycles. The molecule has 0 spiro atoms. The Hall–Kier alpha value is -3.06. The zero-order valence-electron chi connectivity index (χ0n) is 13.6. The summed E-state index contributed by atoms with van der Waals surface area (Å²) in [7, 11) is 0. The van der Waals surface area contributed by atoms with Gasteiger partial charge in [-0.2, -0.15) is 18.3 Å². The Balaban J connectivity index is 1.62. The molecule has 8 heteroatoms. The van der Waals surface area contributed by atoms with Gasteiger partial charge < -0.3 is 4.74 Å². The standard InChI is InChI=1S/C19H11ClF3N3O/c20-15-4-2-1-3-13(15)18-14-10-24-17(9-16(14)25-26-18)27-12-7-5-11(6-8-12)19(21,22)23/h1-10H,(H,25,26). The van der Waals surface area contributed by atoms with Crippen LogP contribution in [0.5, 0.6) is 11.6 Å². The summed E-state index contributed by atoms with van der Waals surface area (Å²) in [4.78, 5) is 4.21. The molecule has 0 radical (unpaired) electrons. The summed E-state index contributed by atoms with van der Waals surface area (Å²) >= 11 is 6.22. The zero-order chi connectivity index (χ0) is 19.0. The van der Waals surface area contributed by atoms with Crippen molar-refractivity contribution in [1.29, 1.82) is 0 Å². The first kappa shape index (κ1) is 17.4.